The first kappa shape index (κ1) is 41.4. The van der Waals surface area contributed by atoms with E-state index in [1.54, 1.807) is 4.90 Å². The lowest BCUT2D eigenvalue weighted by Gasteiger charge is -2.17. The summed E-state index contributed by atoms with van der Waals surface area (Å²) in [6, 6.07) is 0. The molecule has 0 fully saturated rings. The molecule has 0 aliphatic carbocycles. The van der Waals surface area contributed by atoms with Crippen LogP contribution in [0.15, 0.2) is 24.3 Å². The van der Waals surface area contributed by atoms with Crippen molar-refractivity contribution in [1.82, 2.24) is 4.90 Å². The third-order valence-corrected chi connectivity index (χ3v) is 8.41. The summed E-state index contributed by atoms with van der Waals surface area (Å²) in [6.07, 6.45) is 43.2. The van der Waals surface area contributed by atoms with E-state index in [9.17, 15) is 9.59 Å². The number of carbonyl (C=O) groups is 2. The number of hydrogen-bond donors (Lipinski definition) is 0. The molecule has 4 heteroatoms. The van der Waals surface area contributed by atoms with Crippen molar-refractivity contribution in [2.45, 2.75) is 194 Å². The molecule has 0 aromatic carbocycles. The minimum atomic E-state index is -0.129. The van der Waals surface area contributed by atoms with Crippen molar-refractivity contribution >= 4 is 11.9 Å². The second-order valence-electron chi connectivity index (χ2n) is 12.7. The first-order chi connectivity index (χ1) is 21.1. The topological polar surface area (TPSA) is 46.6 Å². The van der Waals surface area contributed by atoms with Crippen molar-refractivity contribution in [2.24, 2.45) is 0 Å². The zero-order valence-corrected chi connectivity index (χ0v) is 29.2. The Morgan fingerprint density at radius 3 is 1.26 bits per heavy atom. The third kappa shape index (κ3) is 33.2. The molecular formula is C39H73NO3. The maximum atomic E-state index is 12.4. The summed E-state index contributed by atoms with van der Waals surface area (Å²) in [4.78, 5) is 26.1. The number of hydrogen-bond acceptors (Lipinski definition) is 3. The molecule has 0 bridgehead atoms. The van der Waals surface area contributed by atoms with E-state index >= 15 is 0 Å². The first-order valence-corrected chi connectivity index (χ1v) is 18.8. The molecule has 0 saturated carbocycles. The Morgan fingerprint density at radius 1 is 0.488 bits per heavy atom. The lowest BCUT2D eigenvalue weighted by Crippen LogP contribution is -2.30. The molecule has 43 heavy (non-hydrogen) atoms. The number of nitrogens with zero attached hydrogens (tertiary/aromatic N) is 1. The standard InChI is InChI=1S/C39H73NO3/c1-4-6-8-10-12-14-16-18-20-22-24-26-28-30-32-34-38(41)40(3)36-37-43-39(42)35-33-31-29-27-25-23-21-19-17-15-13-11-9-7-5-2/h18-21H,4-17,22-37H2,1-3H3/b20-18-,21-19-. The molecule has 0 spiro atoms. The monoisotopic (exact) mass is 604 g/mol. The number of allylic oxidation sites excluding steroid dienone is 4. The van der Waals surface area contributed by atoms with Gasteiger partial charge in [-0.15, -0.1) is 0 Å². The smallest absolute Gasteiger partial charge is 0.305 e. The average molecular weight is 604 g/mol. The second kappa shape index (κ2) is 34.9. The van der Waals surface area contributed by atoms with Crippen molar-refractivity contribution in [3.05, 3.63) is 24.3 Å². The predicted molar refractivity (Wildman–Crippen MR) is 187 cm³/mol. The maximum absolute atomic E-state index is 12.4. The number of carbonyl (C=O) groups excluding carboxylic acids is 2. The van der Waals surface area contributed by atoms with Crippen LogP contribution in [-0.4, -0.2) is 37.0 Å². The van der Waals surface area contributed by atoms with Gasteiger partial charge >= 0.3 is 5.97 Å². The van der Waals surface area contributed by atoms with E-state index in [0.29, 0.717) is 26.0 Å². The highest BCUT2D eigenvalue weighted by molar-refractivity contribution is 5.75. The Kier molecular flexibility index (Phi) is 33.6. The normalized spacial score (nSPS) is 11.6. The molecule has 1 amide bonds. The van der Waals surface area contributed by atoms with Crippen molar-refractivity contribution in [2.75, 3.05) is 20.2 Å². The van der Waals surface area contributed by atoms with Crippen molar-refractivity contribution in [3.63, 3.8) is 0 Å². The van der Waals surface area contributed by atoms with E-state index in [4.69, 9.17) is 4.74 Å². The van der Waals surface area contributed by atoms with Gasteiger partial charge in [-0.25, -0.2) is 0 Å². The highest BCUT2D eigenvalue weighted by Gasteiger charge is 2.09. The number of unbranched alkanes of at least 4 members (excludes halogenated alkanes) is 22. The molecule has 0 rings (SSSR count). The zero-order valence-electron chi connectivity index (χ0n) is 29.2. The quantitative estimate of drug-likeness (QED) is 0.0426. The third-order valence-electron chi connectivity index (χ3n) is 8.41. The van der Waals surface area contributed by atoms with E-state index in [2.05, 4.69) is 38.2 Å². The summed E-state index contributed by atoms with van der Waals surface area (Å²) in [6.45, 7) is 5.33. The van der Waals surface area contributed by atoms with E-state index in [0.717, 1.165) is 25.7 Å². The lowest BCUT2D eigenvalue weighted by molar-refractivity contribution is -0.145. The minimum Gasteiger partial charge on any atom is -0.464 e. The minimum absolute atomic E-state index is 0.129. The van der Waals surface area contributed by atoms with Crippen LogP contribution in [0.25, 0.3) is 0 Å². The fourth-order valence-electron chi connectivity index (χ4n) is 5.37. The molecule has 0 N–H and O–H groups in total. The van der Waals surface area contributed by atoms with E-state index in [1.165, 1.54) is 141 Å². The Balaban J connectivity index is 3.46. The Bertz CT molecular complexity index is 657. The van der Waals surface area contributed by atoms with Crippen LogP contribution < -0.4 is 0 Å². The summed E-state index contributed by atoms with van der Waals surface area (Å²) in [5, 5.41) is 0. The largest absolute Gasteiger partial charge is 0.464 e. The molecule has 252 valence electrons. The molecule has 0 saturated heterocycles. The summed E-state index contributed by atoms with van der Waals surface area (Å²) in [5.41, 5.74) is 0. The lowest BCUT2D eigenvalue weighted by atomic mass is 10.1. The van der Waals surface area contributed by atoms with Crippen LogP contribution in [0.2, 0.25) is 0 Å². The number of esters is 1. The van der Waals surface area contributed by atoms with Crippen molar-refractivity contribution in [1.29, 1.82) is 0 Å². The maximum Gasteiger partial charge on any atom is 0.305 e. The van der Waals surface area contributed by atoms with Gasteiger partial charge in [-0.3, -0.25) is 9.59 Å². The fraction of sp³-hybridized carbons (Fsp3) is 0.846. The molecule has 0 heterocycles. The first-order valence-electron chi connectivity index (χ1n) is 18.8. The summed E-state index contributed by atoms with van der Waals surface area (Å²) in [7, 11) is 1.82. The van der Waals surface area contributed by atoms with Gasteiger partial charge in [0.2, 0.25) is 5.91 Å². The second-order valence-corrected chi connectivity index (χ2v) is 12.7. The molecule has 0 atom stereocenters. The molecule has 0 radical (unpaired) electrons. The SMILES string of the molecule is CCCCCCCC/C=C\CCCCCCCC(=O)OCCN(C)C(=O)CCCCCCC/C=C\CCCCCCCC. The van der Waals surface area contributed by atoms with E-state index in [1.807, 2.05) is 7.05 Å². The van der Waals surface area contributed by atoms with Gasteiger partial charge in [-0.2, -0.15) is 0 Å². The summed E-state index contributed by atoms with van der Waals surface area (Å²) in [5.74, 6) is 0.0293. The van der Waals surface area contributed by atoms with E-state index in [-0.39, 0.29) is 11.9 Å². The molecular weight excluding hydrogens is 530 g/mol. The van der Waals surface area contributed by atoms with Crippen LogP contribution in [0.4, 0.5) is 0 Å². The predicted octanol–water partition coefficient (Wildman–Crippen LogP) is 12.1. The highest BCUT2D eigenvalue weighted by Crippen LogP contribution is 2.12. The number of rotatable bonds is 33. The van der Waals surface area contributed by atoms with Crippen LogP contribution >= 0.6 is 0 Å². The van der Waals surface area contributed by atoms with Crippen LogP contribution in [-0.2, 0) is 14.3 Å². The Labute approximate surface area is 268 Å². The van der Waals surface area contributed by atoms with Gasteiger partial charge in [0.15, 0.2) is 0 Å². The molecule has 4 nitrogen and oxygen atoms in total. The van der Waals surface area contributed by atoms with E-state index < -0.39 is 0 Å². The van der Waals surface area contributed by atoms with Crippen LogP contribution in [0.1, 0.15) is 194 Å². The van der Waals surface area contributed by atoms with Gasteiger partial charge in [0.1, 0.15) is 6.61 Å². The van der Waals surface area contributed by atoms with Crippen LogP contribution in [0.3, 0.4) is 0 Å². The number of likely N-dealkylation sites (N-methyl/N-ethyl adjacent to an activating group) is 1. The average Bonchev–Trinajstić information content (AvgIpc) is 3.00. The number of amides is 1. The number of ether oxygens (including phenoxy) is 1. The molecule has 0 unspecified atom stereocenters. The summed E-state index contributed by atoms with van der Waals surface area (Å²) >= 11 is 0. The molecule has 0 aromatic rings. The highest BCUT2D eigenvalue weighted by atomic mass is 16.5. The van der Waals surface area contributed by atoms with Crippen LogP contribution in [0, 0.1) is 0 Å². The van der Waals surface area contributed by atoms with Crippen LogP contribution in [0.5, 0.6) is 0 Å². The van der Waals surface area contributed by atoms with Gasteiger partial charge in [-0.1, -0.05) is 141 Å². The fourth-order valence-corrected chi connectivity index (χ4v) is 5.37. The van der Waals surface area contributed by atoms with Crippen molar-refractivity contribution < 1.29 is 14.3 Å². The van der Waals surface area contributed by atoms with Gasteiger partial charge in [0, 0.05) is 19.9 Å². The Hall–Kier alpha value is -1.58. The molecule has 0 aliphatic heterocycles. The van der Waals surface area contributed by atoms with Crippen molar-refractivity contribution in [3.8, 4) is 0 Å². The van der Waals surface area contributed by atoms with Gasteiger partial charge in [-0.05, 0) is 64.2 Å². The molecule has 0 aliphatic rings. The van der Waals surface area contributed by atoms with Gasteiger partial charge < -0.3 is 9.64 Å². The van der Waals surface area contributed by atoms with Gasteiger partial charge in [0.05, 0.1) is 6.54 Å². The Morgan fingerprint density at radius 2 is 0.837 bits per heavy atom. The molecule has 0 aromatic heterocycles. The zero-order chi connectivity index (χ0) is 31.5. The van der Waals surface area contributed by atoms with Gasteiger partial charge in [0.25, 0.3) is 0 Å². The summed E-state index contributed by atoms with van der Waals surface area (Å²) < 4.78 is 5.37.